The summed E-state index contributed by atoms with van der Waals surface area (Å²) in [5.74, 6) is 1.06. The molecule has 1 saturated heterocycles. The number of nitrogens with zero attached hydrogens (tertiary/aromatic N) is 6. The number of nitrogen functional groups attached to an aromatic ring is 1. The van der Waals surface area contributed by atoms with Crippen LogP contribution in [0, 0.1) is 0 Å². The fraction of sp³-hybridized carbons (Fsp3) is 0.455. The van der Waals surface area contributed by atoms with Crippen LogP contribution in [0.2, 0.25) is 0 Å². The van der Waals surface area contributed by atoms with Crippen molar-refractivity contribution in [2.24, 2.45) is 0 Å². The second-order valence-corrected chi connectivity index (χ2v) is 4.93. The molecule has 3 N–H and O–H groups in total. The van der Waals surface area contributed by atoms with Gasteiger partial charge in [-0.2, -0.15) is 15.0 Å². The van der Waals surface area contributed by atoms with Crippen molar-refractivity contribution >= 4 is 11.9 Å². The van der Waals surface area contributed by atoms with E-state index in [1.807, 2.05) is 4.90 Å². The number of rotatable bonds is 2. The summed E-state index contributed by atoms with van der Waals surface area (Å²) in [4.78, 5) is 18.4. The van der Waals surface area contributed by atoms with E-state index < -0.39 is 5.60 Å². The van der Waals surface area contributed by atoms with E-state index in [4.69, 9.17) is 5.73 Å². The number of hydrogen-bond acceptors (Lipinski definition) is 7. The summed E-state index contributed by atoms with van der Waals surface area (Å²) in [6.07, 6.45) is 5.65. The van der Waals surface area contributed by atoms with E-state index in [-0.39, 0.29) is 5.95 Å². The van der Waals surface area contributed by atoms with E-state index in [1.165, 1.54) is 0 Å². The van der Waals surface area contributed by atoms with Crippen LogP contribution in [0.5, 0.6) is 0 Å². The standard InChI is InChI=1S/C11H15N7O/c1-11(19)2-4-17(6-11)9-14-8(12)15-10(16-9)18-5-3-13-7-18/h3,5,7,19H,2,4,6H2,1H3,(H2,12,14,15,16). The Bertz CT molecular complexity index is 581. The Kier molecular flexibility index (Phi) is 2.59. The van der Waals surface area contributed by atoms with Gasteiger partial charge in [0.2, 0.25) is 17.8 Å². The third-order valence-corrected chi connectivity index (χ3v) is 3.10. The van der Waals surface area contributed by atoms with Crippen LogP contribution in [0.4, 0.5) is 11.9 Å². The minimum atomic E-state index is -0.712. The summed E-state index contributed by atoms with van der Waals surface area (Å²) in [5, 5.41) is 9.99. The van der Waals surface area contributed by atoms with Crippen molar-refractivity contribution in [2.75, 3.05) is 23.7 Å². The fourth-order valence-corrected chi connectivity index (χ4v) is 2.12. The molecule has 1 aliphatic rings. The highest BCUT2D eigenvalue weighted by Crippen LogP contribution is 2.24. The van der Waals surface area contributed by atoms with Crippen LogP contribution >= 0.6 is 0 Å². The van der Waals surface area contributed by atoms with E-state index in [1.54, 1.807) is 30.2 Å². The summed E-state index contributed by atoms with van der Waals surface area (Å²) >= 11 is 0. The van der Waals surface area contributed by atoms with E-state index in [2.05, 4.69) is 19.9 Å². The van der Waals surface area contributed by atoms with Crippen molar-refractivity contribution in [3.8, 4) is 5.95 Å². The average molecular weight is 261 g/mol. The molecular formula is C11H15N7O. The molecule has 1 unspecified atom stereocenters. The van der Waals surface area contributed by atoms with Gasteiger partial charge >= 0.3 is 0 Å². The van der Waals surface area contributed by atoms with Crippen molar-refractivity contribution in [1.29, 1.82) is 0 Å². The highest BCUT2D eigenvalue weighted by Gasteiger charge is 2.33. The predicted octanol–water partition coefficient (Wildman–Crippen LogP) is -0.399. The monoisotopic (exact) mass is 261 g/mol. The first-order valence-electron chi connectivity index (χ1n) is 6.01. The van der Waals surface area contributed by atoms with Gasteiger partial charge in [-0.25, -0.2) is 4.98 Å². The third-order valence-electron chi connectivity index (χ3n) is 3.10. The van der Waals surface area contributed by atoms with E-state index in [9.17, 15) is 5.11 Å². The molecule has 2 aromatic heterocycles. The molecule has 3 heterocycles. The van der Waals surface area contributed by atoms with Gasteiger partial charge in [0.15, 0.2) is 0 Å². The Labute approximate surface area is 109 Å². The van der Waals surface area contributed by atoms with E-state index >= 15 is 0 Å². The minimum Gasteiger partial charge on any atom is -0.388 e. The Hall–Kier alpha value is -2.22. The van der Waals surface area contributed by atoms with Crippen molar-refractivity contribution < 1.29 is 5.11 Å². The molecule has 3 rings (SSSR count). The number of aromatic nitrogens is 5. The maximum absolute atomic E-state index is 9.99. The van der Waals surface area contributed by atoms with E-state index in [0.717, 1.165) is 0 Å². The second-order valence-electron chi connectivity index (χ2n) is 4.93. The fourth-order valence-electron chi connectivity index (χ4n) is 2.12. The van der Waals surface area contributed by atoms with Gasteiger partial charge in [0.1, 0.15) is 6.33 Å². The molecule has 1 fully saturated rings. The zero-order valence-electron chi connectivity index (χ0n) is 10.6. The first-order chi connectivity index (χ1) is 9.03. The van der Waals surface area contributed by atoms with Crippen LogP contribution in [-0.2, 0) is 0 Å². The largest absolute Gasteiger partial charge is 0.388 e. The smallest absolute Gasteiger partial charge is 0.241 e. The summed E-state index contributed by atoms with van der Waals surface area (Å²) < 4.78 is 1.66. The van der Waals surface area contributed by atoms with Crippen LogP contribution < -0.4 is 10.6 Å². The van der Waals surface area contributed by atoms with Crippen LogP contribution in [-0.4, -0.2) is 48.3 Å². The molecule has 19 heavy (non-hydrogen) atoms. The lowest BCUT2D eigenvalue weighted by molar-refractivity contribution is 0.0838. The van der Waals surface area contributed by atoms with Crippen molar-refractivity contribution in [3.63, 3.8) is 0 Å². The zero-order valence-corrected chi connectivity index (χ0v) is 10.6. The first-order valence-corrected chi connectivity index (χ1v) is 6.01. The molecule has 0 spiro atoms. The Morgan fingerprint density at radius 3 is 2.74 bits per heavy atom. The summed E-state index contributed by atoms with van der Waals surface area (Å²) in [6, 6.07) is 0. The van der Waals surface area contributed by atoms with Crippen LogP contribution in [0.1, 0.15) is 13.3 Å². The van der Waals surface area contributed by atoms with Gasteiger partial charge in [-0.05, 0) is 13.3 Å². The van der Waals surface area contributed by atoms with E-state index in [0.29, 0.717) is 31.4 Å². The number of nitrogens with two attached hydrogens (primary N) is 1. The lowest BCUT2D eigenvalue weighted by Crippen LogP contribution is -2.31. The Balaban J connectivity index is 1.95. The normalized spacial score (nSPS) is 22.9. The quantitative estimate of drug-likeness (QED) is 0.757. The Morgan fingerprint density at radius 1 is 1.32 bits per heavy atom. The van der Waals surface area contributed by atoms with Crippen molar-refractivity contribution in [1.82, 2.24) is 24.5 Å². The topological polar surface area (TPSA) is 106 Å². The maximum atomic E-state index is 9.99. The van der Waals surface area contributed by atoms with Crippen LogP contribution in [0.25, 0.3) is 5.95 Å². The van der Waals surface area contributed by atoms with Gasteiger partial charge in [0.25, 0.3) is 0 Å². The molecule has 2 aromatic rings. The third kappa shape index (κ3) is 2.34. The number of hydrogen-bond donors (Lipinski definition) is 2. The van der Waals surface area contributed by atoms with Gasteiger partial charge in [-0.1, -0.05) is 0 Å². The van der Waals surface area contributed by atoms with Crippen molar-refractivity contribution in [2.45, 2.75) is 18.9 Å². The zero-order chi connectivity index (χ0) is 13.5. The second kappa shape index (κ2) is 4.16. The molecule has 1 aliphatic heterocycles. The lowest BCUT2D eigenvalue weighted by Gasteiger charge is -2.19. The summed E-state index contributed by atoms with van der Waals surface area (Å²) in [5.41, 5.74) is 5.00. The molecular weight excluding hydrogens is 246 g/mol. The summed E-state index contributed by atoms with van der Waals surface area (Å²) in [7, 11) is 0. The van der Waals surface area contributed by atoms with Crippen LogP contribution in [0.3, 0.4) is 0 Å². The molecule has 0 aliphatic carbocycles. The lowest BCUT2D eigenvalue weighted by atomic mass is 10.1. The molecule has 0 bridgehead atoms. The highest BCUT2D eigenvalue weighted by atomic mass is 16.3. The molecule has 0 aromatic carbocycles. The molecule has 0 amide bonds. The highest BCUT2D eigenvalue weighted by molar-refractivity contribution is 5.39. The predicted molar refractivity (Wildman–Crippen MR) is 68.8 cm³/mol. The van der Waals surface area contributed by atoms with Crippen molar-refractivity contribution in [3.05, 3.63) is 18.7 Å². The molecule has 0 saturated carbocycles. The molecule has 8 nitrogen and oxygen atoms in total. The number of aliphatic hydroxyl groups is 1. The molecule has 1 atom stereocenters. The molecule has 0 radical (unpaired) electrons. The number of imidazole rings is 1. The molecule has 100 valence electrons. The van der Waals surface area contributed by atoms with Gasteiger partial charge in [-0.15, -0.1) is 0 Å². The number of anilines is 2. The van der Waals surface area contributed by atoms with Crippen LogP contribution in [0.15, 0.2) is 18.7 Å². The van der Waals surface area contributed by atoms with Gasteiger partial charge < -0.3 is 15.7 Å². The Morgan fingerprint density at radius 2 is 2.11 bits per heavy atom. The van der Waals surface area contributed by atoms with Gasteiger partial charge in [0, 0.05) is 25.5 Å². The number of β-amino-alcohol motifs (C(OH)–C–C–N with tert-alkyl or cyclic N) is 1. The maximum Gasteiger partial charge on any atom is 0.241 e. The average Bonchev–Trinajstić information content (AvgIpc) is 2.97. The summed E-state index contributed by atoms with van der Waals surface area (Å²) in [6.45, 7) is 2.98. The minimum absolute atomic E-state index is 0.153. The SMILES string of the molecule is CC1(O)CCN(c2nc(N)nc(-n3ccnc3)n2)C1. The van der Waals surface area contributed by atoms with Gasteiger partial charge in [0.05, 0.1) is 5.60 Å². The van der Waals surface area contributed by atoms with Gasteiger partial charge in [-0.3, -0.25) is 4.57 Å². The first kappa shape index (κ1) is 11.8. The molecule has 8 heteroatoms.